The lowest BCUT2D eigenvalue weighted by atomic mass is 9.49. The van der Waals surface area contributed by atoms with Gasteiger partial charge in [-0.05, 0) is 74.5 Å². The Bertz CT molecular complexity index is 981. The number of benzene rings is 1. The zero-order valence-corrected chi connectivity index (χ0v) is 19.1. The van der Waals surface area contributed by atoms with Crippen LogP contribution in [0.5, 0.6) is 0 Å². The van der Waals surface area contributed by atoms with Gasteiger partial charge in [0.25, 0.3) is 0 Å². The van der Waals surface area contributed by atoms with Gasteiger partial charge in [-0.15, -0.1) is 0 Å². The van der Waals surface area contributed by atoms with E-state index in [1.54, 1.807) is 17.0 Å². The van der Waals surface area contributed by atoms with E-state index in [9.17, 15) is 14.4 Å². The summed E-state index contributed by atoms with van der Waals surface area (Å²) in [4.78, 5) is 39.8. The first-order valence-electron chi connectivity index (χ1n) is 11.6. The molecular formula is C25H30N2O6. The fourth-order valence-electron chi connectivity index (χ4n) is 6.75. The van der Waals surface area contributed by atoms with Crippen LogP contribution >= 0.6 is 0 Å². The third-order valence-corrected chi connectivity index (χ3v) is 7.77. The van der Waals surface area contributed by atoms with Gasteiger partial charge >= 0.3 is 11.9 Å². The second kappa shape index (κ2) is 8.48. The number of hydrogen-bond acceptors (Lipinski definition) is 7. The molecule has 1 aromatic carbocycles. The first-order valence-corrected chi connectivity index (χ1v) is 11.6. The molecule has 6 rings (SSSR count). The lowest BCUT2D eigenvalue weighted by Crippen LogP contribution is -2.51. The van der Waals surface area contributed by atoms with Gasteiger partial charge < -0.3 is 24.4 Å². The van der Waals surface area contributed by atoms with Crippen LogP contribution in [0, 0.1) is 23.2 Å². The van der Waals surface area contributed by atoms with Crippen molar-refractivity contribution in [3.05, 3.63) is 35.5 Å². The maximum absolute atomic E-state index is 13.5. The molecular weight excluding hydrogens is 424 g/mol. The zero-order chi connectivity index (χ0) is 23.2. The first kappa shape index (κ1) is 21.9. The molecule has 4 fully saturated rings. The molecule has 33 heavy (non-hydrogen) atoms. The largest absolute Gasteiger partial charge is 0.466 e. The van der Waals surface area contributed by atoms with E-state index in [0.29, 0.717) is 29.1 Å². The highest BCUT2D eigenvalue weighted by molar-refractivity contribution is 6.03. The Labute approximate surface area is 193 Å². The van der Waals surface area contributed by atoms with Gasteiger partial charge in [0.2, 0.25) is 5.91 Å². The molecule has 5 aliphatic rings. The van der Waals surface area contributed by atoms with Gasteiger partial charge in [0, 0.05) is 11.4 Å². The standard InChI is InChI=1S/C25H30N2O6/c1-31-22(28)20-13-33-14-27(21(20)23(29)32-2)19-5-3-4-18(9-19)26-24(30)25-10-15-6-16(11-25)8-17(7-15)12-25/h3-5,9,15-17H,6-8,10-14H2,1-2H3,(H,26,30). The van der Waals surface area contributed by atoms with Crippen molar-refractivity contribution in [3.8, 4) is 0 Å². The molecule has 0 saturated heterocycles. The average Bonchev–Trinajstić information content (AvgIpc) is 2.82. The van der Waals surface area contributed by atoms with Gasteiger partial charge in [-0.3, -0.25) is 4.79 Å². The number of carbonyl (C=O) groups excluding carboxylic acids is 3. The van der Waals surface area contributed by atoms with Crippen LogP contribution in [0.25, 0.3) is 0 Å². The molecule has 8 heteroatoms. The Morgan fingerprint density at radius 2 is 1.64 bits per heavy atom. The summed E-state index contributed by atoms with van der Waals surface area (Å²) in [6.07, 6.45) is 6.80. The number of amides is 1. The van der Waals surface area contributed by atoms with Crippen molar-refractivity contribution >= 4 is 29.2 Å². The van der Waals surface area contributed by atoms with E-state index in [-0.39, 0.29) is 35.9 Å². The second-order valence-electron chi connectivity index (χ2n) is 9.92. The number of nitrogens with zero attached hydrogens (tertiary/aromatic N) is 1. The van der Waals surface area contributed by atoms with E-state index in [1.165, 1.54) is 33.5 Å². The third kappa shape index (κ3) is 3.90. The summed E-state index contributed by atoms with van der Waals surface area (Å²) in [6, 6.07) is 7.25. The number of methoxy groups -OCH3 is 2. The number of carbonyl (C=O) groups is 3. The van der Waals surface area contributed by atoms with Crippen molar-refractivity contribution in [2.75, 3.05) is 37.8 Å². The second-order valence-corrected chi connectivity index (χ2v) is 9.92. The molecule has 0 unspecified atom stereocenters. The number of esters is 2. The van der Waals surface area contributed by atoms with Crippen LogP contribution in [0.2, 0.25) is 0 Å². The number of hydrogen-bond donors (Lipinski definition) is 1. The lowest BCUT2D eigenvalue weighted by molar-refractivity contribution is -0.140. The van der Waals surface area contributed by atoms with Crippen molar-refractivity contribution < 1.29 is 28.6 Å². The molecule has 8 nitrogen and oxygen atoms in total. The maximum atomic E-state index is 13.5. The SMILES string of the molecule is COC(=O)C1=C(C(=O)OC)N(c2cccc(NC(=O)C34CC5CC(CC(C5)C3)C4)c2)COC1. The van der Waals surface area contributed by atoms with Gasteiger partial charge in [0.15, 0.2) is 0 Å². The molecule has 4 bridgehead atoms. The average molecular weight is 455 g/mol. The van der Waals surface area contributed by atoms with Crippen LogP contribution in [0.15, 0.2) is 35.5 Å². The zero-order valence-electron chi connectivity index (χ0n) is 19.1. The van der Waals surface area contributed by atoms with Crippen LogP contribution in [-0.4, -0.2) is 45.4 Å². The third-order valence-electron chi connectivity index (χ3n) is 7.77. The number of anilines is 2. The molecule has 1 aliphatic heterocycles. The monoisotopic (exact) mass is 454 g/mol. The summed E-state index contributed by atoms with van der Waals surface area (Å²) in [7, 11) is 2.52. The fourth-order valence-corrected chi connectivity index (χ4v) is 6.75. The van der Waals surface area contributed by atoms with Crippen molar-refractivity contribution in [2.45, 2.75) is 38.5 Å². The highest BCUT2D eigenvalue weighted by Gasteiger charge is 2.54. The molecule has 176 valence electrons. The van der Waals surface area contributed by atoms with Crippen molar-refractivity contribution in [1.82, 2.24) is 0 Å². The van der Waals surface area contributed by atoms with E-state index in [4.69, 9.17) is 14.2 Å². The van der Waals surface area contributed by atoms with E-state index >= 15 is 0 Å². The van der Waals surface area contributed by atoms with Crippen LogP contribution in [-0.2, 0) is 28.6 Å². The normalized spacial score (nSPS) is 30.2. The molecule has 1 N–H and O–H groups in total. The molecule has 4 aliphatic carbocycles. The van der Waals surface area contributed by atoms with Gasteiger partial charge in [0.05, 0.1) is 31.8 Å². The molecule has 1 amide bonds. The number of rotatable bonds is 5. The van der Waals surface area contributed by atoms with Gasteiger partial charge in [-0.25, -0.2) is 9.59 Å². The topological polar surface area (TPSA) is 94.2 Å². The van der Waals surface area contributed by atoms with Gasteiger partial charge in [0.1, 0.15) is 12.4 Å². The van der Waals surface area contributed by atoms with E-state index in [0.717, 1.165) is 19.3 Å². The summed E-state index contributed by atoms with van der Waals surface area (Å²) in [5.74, 6) is 0.857. The Kier molecular flexibility index (Phi) is 5.64. The number of nitrogens with one attached hydrogen (secondary N) is 1. The van der Waals surface area contributed by atoms with Crippen LogP contribution in [0.1, 0.15) is 38.5 Å². The Balaban J connectivity index is 1.40. The number of ether oxygens (including phenoxy) is 3. The predicted octanol–water partition coefficient (Wildman–Crippen LogP) is 3.24. The summed E-state index contributed by atoms with van der Waals surface area (Å²) in [5.41, 5.74) is 1.19. The molecule has 0 spiro atoms. The summed E-state index contributed by atoms with van der Waals surface area (Å²) in [6.45, 7) is 0.0212. The Morgan fingerprint density at radius 1 is 1.00 bits per heavy atom. The molecule has 0 atom stereocenters. The molecule has 0 aromatic heterocycles. The Hall–Kier alpha value is -2.87. The minimum absolute atomic E-state index is 0.0456. The quantitative estimate of drug-likeness (QED) is 0.683. The highest BCUT2D eigenvalue weighted by Crippen LogP contribution is 2.60. The maximum Gasteiger partial charge on any atom is 0.355 e. The van der Waals surface area contributed by atoms with Crippen LogP contribution in [0.4, 0.5) is 11.4 Å². The van der Waals surface area contributed by atoms with Gasteiger partial charge in [-0.1, -0.05) is 6.07 Å². The fraction of sp³-hybridized carbons (Fsp3) is 0.560. The summed E-state index contributed by atoms with van der Waals surface area (Å²) < 4.78 is 15.3. The Morgan fingerprint density at radius 3 is 2.24 bits per heavy atom. The summed E-state index contributed by atoms with van der Waals surface area (Å²) in [5, 5.41) is 3.15. The van der Waals surface area contributed by atoms with E-state index in [1.807, 2.05) is 12.1 Å². The lowest BCUT2D eigenvalue weighted by Gasteiger charge is -2.55. The molecule has 0 radical (unpaired) electrons. The molecule has 1 aromatic rings. The molecule has 1 heterocycles. The summed E-state index contributed by atoms with van der Waals surface area (Å²) >= 11 is 0. The smallest absolute Gasteiger partial charge is 0.355 e. The first-order chi connectivity index (χ1) is 15.9. The molecule has 4 saturated carbocycles. The minimum atomic E-state index is -0.651. The minimum Gasteiger partial charge on any atom is -0.466 e. The van der Waals surface area contributed by atoms with Crippen LogP contribution < -0.4 is 10.2 Å². The van der Waals surface area contributed by atoms with Crippen molar-refractivity contribution in [1.29, 1.82) is 0 Å². The highest BCUT2D eigenvalue weighted by atomic mass is 16.5. The predicted molar refractivity (Wildman–Crippen MR) is 120 cm³/mol. The van der Waals surface area contributed by atoms with Crippen molar-refractivity contribution in [3.63, 3.8) is 0 Å². The van der Waals surface area contributed by atoms with E-state index < -0.39 is 11.9 Å². The van der Waals surface area contributed by atoms with Gasteiger partial charge in [-0.2, -0.15) is 0 Å². The van der Waals surface area contributed by atoms with Crippen LogP contribution in [0.3, 0.4) is 0 Å². The van der Waals surface area contributed by atoms with E-state index in [2.05, 4.69) is 5.32 Å². The van der Waals surface area contributed by atoms with Crippen molar-refractivity contribution in [2.24, 2.45) is 23.2 Å².